The summed E-state index contributed by atoms with van der Waals surface area (Å²) < 4.78 is 0. The minimum atomic E-state index is -0.188. The summed E-state index contributed by atoms with van der Waals surface area (Å²) in [5, 5.41) is 9.15. The first-order valence-electron chi connectivity index (χ1n) is 6.03. The molecule has 0 aromatic carbocycles. The maximum Gasteiger partial charge on any atom is 0.271 e. The van der Waals surface area contributed by atoms with Crippen molar-refractivity contribution in [1.82, 2.24) is 20.4 Å². The molecule has 0 atom stereocenters. The number of H-pyrrole nitrogens is 1. The predicted octanol–water partition coefficient (Wildman–Crippen LogP) is 0.206. The molecule has 1 aromatic heterocycles. The maximum atomic E-state index is 11.7. The van der Waals surface area contributed by atoms with E-state index in [4.69, 9.17) is 5.73 Å². The molecule has 1 saturated carbocycles. The highest BCUT2D eigenvalue weighted by atomic mass is 16.1. The number of nitrogens with zero attached hydrogens (tertiary/aromatic N) is 2. The number of aromatic amines is 1. The molecule has 94 valence electrons. The molecular weight excluding hydrogens is 218 g/mol. The van der Waals surface area contributed by atoms with Gasteiger partial charge in [-0.3, -0.25) is 14.8 Å². The Morgan fingerprint density at radius 2 is 2.47 bits per heavy atom. The van der Waals surface area contributed by atoms with E-state index < -0.39 is 0 Å². The van der Waals surface area contributed by atoms with Gasteiger partial charge >= 0.3 is 0 Å². The summed E-state index contributed by atoms with van der Waals surface area (Å²) in [5.41, 5.74) is 6.33. The van der Waals surface area contributed by atoms with Crippen molar-refractivity contribution in [2.75, 3.05) is 25.4 Å². The van der Waals surface area contributed by atoms with E-state index in [2.05, 4.69) is 27.3 Å². The normalized spacial score (nSPS) is 15.2. The van der Waals surface area contributed by atoms with Crippen LogP contribution in [0.3, 0.4) is 0 Å². The number of hydrogen-bond acceptors (Lipinski definition) is 4. The largest absolute Gasteiger partial charge is 0.396 e. The molecule has 1 amide bonds. The van der Waals surface area contributed by atoms with Crippen molar-refractivity contribution >= 4 is 11.6 Å². The van der Waals surface area contributed by atoms with Crippen LogP contribution in [0.4, 0.5) is 5.69 Å². The third-order valence-corrected chi connectivity index (χ3v) is 3.05. The number of rotatable bonds is 6. The Morgan fingerprint density at radius 3 is 3.00 bits per heavy atom. The van der Waals surface area contributed by atoms with Gasteiger partial charge in [-0.25, -0.2) is 0 Å². The molecule has 0 spiro atoms. The van der Waals surface area contributed by atoms with Crippen LogP contribution in [-0.4, -0.2) is 46.7 Å². The molecule has 2 rings (SSSR count). The van der Waals surface area contributed by atoms with Crippen LogP contribution in [0.2, 0.25) is 0 Å². The van der Waals surface area contributed by atoms with Gasteiger partial charge in [0.15, 0.2) is 0 Å². The van der Waals surface area contributed by atoms with E-state index in [9.17, 15) is 4.79 Å². The van der Waals surface area contributed by atoms with Crippen LogP contribution in [0.5, 0.6) is 0 Å². The van der Waals surface area contributed by atoms with Crippen LogP contribution >= 0.6 is 0 Å². The third kappa shape index (κ3) is 2.97. The lowest BCUT2D eigenvalue weighted by Crippen LogP contribution is -2.36. The number of amides is 1. The first-order valence-corrected chi connectivity index (χ1v) is 6.03. The summed E-state index contributed by atoms with van der Waals surface area (Å²) in [7, 11) is 0. The maximum absolute atomic E-state index is 11.7. The fourth-order valence-electron chi connectivity index (χ4n) is 1.92. The Hall–Kier alpha value is -1.56. The second-order valence-electron chi connectivity index (χ2n) is 4.32. The highest BCUT2D eigenvalue weighted by molar-refractivity contribution is 5.96. The molecule has 4 N–H and O–H groups in total. The van der Waals surface area contributed by atoms with Gasteiger partial charge in [-0.1, -0.05) is 6.92 Å². The lowest BCUT2D eigenvalue weighted by Gasteiger charge is -2.19. The van der Waals surface area contributed by atoms with E-state index in [-0.39, 0.29) is 5.91 Å². The molecular formula is C11H19N5O. The van der Waals surface area contributed by atoms with Crippen LogP contribution in [0.25, 0.3) is 0 Å². The number of nitrogens with one attached hydrogen (secondary N) is 2. The lowest BCUT2D eigenvalue weighted by atomic mass is 10.3. The average molecular weight is 237 g/mol. The fourth-order valence-corrected chi connectivity index (χ4v) is 1.92. The van der Waals surface area contributed by atoms with Crippen LogP contribution in [0.15, 0.2) is 6.20 Å². The molecule has 0 aliphatic heterocycles. The topological polar surface area (TPSA) is 87.0 Å². The van der Waals surface area contributed by atoms with Crippen LogP contribution < -0.4 is 11.1 Å². The number of carbonyl (C=O) groups excluding carboxylic acids is 1. The van der Waals surface area contributed by atoms with Gasteiger partial charge in [-0.2, -0.15) is 5.10 Å². The Kier molecular flexibility index (Phi) is 3.63. The Morgan fingerprint density at radius 1 is 1.71 bits per heavy atom. The second kappa shape index (κ2) is 5.18. The van der Waals surface area contributed by atoms with E-state index in [0.29, 0.717) is 17.9 Å². The minimum Gasteiger partial charge on any atom is -0.396 e. The Balaban J connectivity index is 1.74. The molecule has 1 aliphatic carbocycles. The van der Waals surface area contributed by atoms with E-state index in [1.54, 1.807) is 0 Å². The zero-order valence-corrected chi connectivity index (χ0v) is 10.1. The monoisotopic (exact) mass is 237 g/mol. The molecule has 1 aromatic rings. The summed E-state index contributed by atoms with van der Waals surface area (Å²) >= 11 is 0. The molecule has 0 radical (unpaired) electrons. The SMILES string of the molecule is CCN(CCNC(=O)c1[nH]ncc1N)C1CC1. The zero-order chi connectivity index (χ0) is 12.3. The number of hydrogen-bond donors (Lipinski definition) is 3. The van der Waals surface area contributed by atoms with Gasteiger partial charge in [-0.05, 0) is 19.4 Å². The van der Waals surface area contributed by atoms with Gasteiger partial charge in [0, 0.05) is 19.1 Å². The first-order chi connectivity index (χ1) is 8.22. The van der Waals surface area contributed by atoms with Crippen molar-refractivity contribution in [3.63, 3.8) is 0 Å². The molecule has 1 aliphatic rings. The molecule has 6 nitrogen and oxygen atoms in total. The quantitative estimate of drug-likeness (QED) is 0.660. The highest BCUT2D eigenvalue weighted by Crippen LogP contribution is 2.25. The number of aromatic nitrogens is 2. The standard InChI is InChI=1S/C11H19N5O/c1-2-16(8-3-4-8)6-5-13-11(17)10-9(12)7-14-15-10/h7-8H,2-6,12H2,1H3,(H,13,17)(H,14,15). The van der Waals surface area contributed by atoms with Crippen LogP contribution in [0, 0.1) is 0 Å². The minimum absolute atomic E-state index is 0.188. The fraction of sp³-hybridized carbons (Fsp3) is 0.636. The summed E-state index contributed by atoms with van der Waals surface area (Å²) in [4.78, 5) is 14.1. The number of likely N-dealkylation sites (N-methyl/N-ethyl adjacent to an activating group) is 1. The third-order valence-electron chi connectivity index (χ3n) is 3.05. The number of nitrogen functional groups attached to an aromatic ring is 1. The second-order valence-corrected chi connectivity index (χ2v) is 4.32. The number of nitrogens with two attached hydrogens (primary N) is 1. The summed E-state index contributed by atoms with van der Waals surface area (Å²) in [5.74, 6) is -0.188. The molecule has 1 heterocycles. The Bertz CT molecular complexity index is 385. The van der Waals surface area contributed by atoms with E-state index >= 15 is 0 Å². The Labute approximate surface area is 101 Å². The molecule has 0 saturated heterocycles. The van der Waals surface area contributed by atoms with E-state index in [1.165, 1.54) is 19.0 Å². The predicted molar refractivity (Wildman–Crippen MR) is 65.6 cm³/mol. The van der Waals surface area contributed by atoms with Crippen molar-refractivity contribution in [3.05, 3.63) is 11.9 Å². The number of carbonyl (C=O) groups is 1. The van der Waals surface area contributed by atoms with Crippen molar-refractivity contribution in [3.8, 4) is 0 Å². The van der Waals surface area contributed by atoms with Crippen molar-refractivity contribution in [2.45, 2.75) is 25.8 Å². The van der Waals surface area contributed by atoms with E-state index in [1.807, 2.05) is 0 Å². The van der Waals surface area contributed by atoms with E-state index in [0.717, 1.165) is 19.1 Å². The number of anilines is 1. The lowest BCUT2D eigenvalue weighted by molar-refractivity contribution is 0.0944. The average Bonchev–Trinajstić information content (AvgIpc) is 3.06. The van der Waals surface area contributed by atoms with Gasteiger partial charge in [0.2, 0.25) is 0 Å². The summed E-state index contributed by atoms with van der Waals surface area (Å²) in [6, 6.07) is 0.731. The van der Waals surface area contributed by atoms with Crippen LogP contribution in [0.1, 0.15) is 30.3 Å². The molecule has 1 fully saturated rings. The van der Waals surface area contributed by atoms with Gasteiger partial charge in [0.05, 0.1) is 11.9 Å². The van der Waals surface area contributed by atoms with Gasteiger partial charge in [0.1, 0.15) is 5.69 Å². The highest BCUT2D eigenvalue weighted by Gasteiger charge is 2.27. The van der Waals surface area contributed by atoms with Crippen molar-refractivity contribution in [1.29, 1.82) is 0 Å². The molecule has 6 heteroatoms. The summed E-state index contributed by atoms with van der Waals surface area (Å²) in [6.07, 6.45) is 4.02. The van der Waals surface area contributed by atoms with Crippen molar-refractivity contribution < 1.29 is 4.79 Å². The first kappa shape index (κ1) is 11.9. The van der Waals surface area contributed by atoms with Crippen molar-refractivity contribution in [2.24, 2.45) is 0 Å². The van der Waals surface area contributed by atoms with Crippen LogP contribution in [-0.2, 0) is 0 Å². The molecule has 17 heavy (non-hydrogen) atoms. The zero-order valence-electron chi connectivity index (χ0n) is 10.1. The van der Waals surface area contributed by atoms with Gasteiger partial charge in [0.25, 0.3) is 5.91 Å². The smallest absolute Gasteiger partial charge is 0.271 e. The molecule has 0 unspecified atom stereocenters. The van der Waals surface area contributed by atoms with Gasteiger partial charge < -0.3 is 11.1 Å². The molecule has 0 bridgehead atoms. The van der Waals surface area contributed by atoms with Gasteiger partial charge in [-0.15, -0.1) is 0 Å². The summed E-state index contributed by atoms with van der Waals surface area (Å²) in [6.45, 7) is 4.71.